The van der Waals surface area contributed by atoms with Gasteiger partial charge >= 0.3 is 0 Å². The second-order valence-electron chi connectivity index (χ2n) is 4.46. The van der Waals surface area contributed by atoms with Crippen LogP contribution in [-0.2, 0) is 6.54 Å². The first-order valence-electron chi connectivity index (χ1n) is 6.01. The number of fused-ring (bicyclic) bond motifs is 1. The maximum Gasteiger partial charge on any atom is 0.146 e. The van der Waals surface area contributed by atoms with Crippen LogP contribution in [-0.4, -0.2) is 27.5 Å². The molecule has 2 heterocycles. The molecule has 0 radical (unpaired) electrons. The van der Waals surface area contributed by atoms with Gasteiger partial charge in [0.2, 0.25) is 0 Å². The molecule has 2 aromatic rings. The second kappa shape index (κ2) is 4.23. The van der Waals surface area contributed by atoms with Crippen molar-refractivity contribution in [2.75, 3.05) is 12.3 Å². The summed E-state index contributed by atoms with van der Waals surface area (Å²) in [6.07, 6.45) is 2.62. The van der Waals surface area contributed by atoms with E-state index in [1.54, 1.807) is 11.3 Å². The molecule has 90 valence electrons. The molecule has 1 aliphatic rings. The van der Waals surface area contributed by atoms with E-state index >= 15 is 0 Å². The van der Waals surface area contributed by atoms with Gasteiger partial charge < -0.3 is 5.73 Å². The van der Waals surface area contributed by atoms with Gasteiger partial charge in [-0.05, 0) is 30.8 Å². The van der Waals surface area contributed by atoms with Crippen LogP contribution in [0.25, 0.3) is 10.2 Å². The van der Waals surface area contributed by atoms with Crippen molar-refractivity contribution in [3.63, 3.8) is 0 Å². The Morgan fingerprint density at radius 2 is 2.29 bits per heavy atom. The smallest absolute Gasteiger partial charge is 0.146 e. The molecule has 0 atom stereocenters. The second-order valence-corrected chi connectivity index (χ2v) is 5.35. The Kier molecular flexibility index (Phi) is 2.72. The Bertz CT molecular complexity index is 532. The molecule has 0 aromatic carbocycles. The number of hydrogen-bond donors (Lipinski definition) is 1. The normalized spacial score (nSPS) is 15.9. The van der Waals surface area contributed by atoms with Crippen LogP contribution in [0.1, 0.15) is 25.6 Å². The monoisotopic (exact) mass is 248 g/mol. The van der Waals surface area contributed by atoms with Gasteiger partial charge in [0.05, 0.1) is 11.9 Å². The van der Waals surface area contributed by atoms with Crippen LogP contribution in [0.15, 0.2) is 11.4 Å². The number of hydrogen-bond acceptors (Lipinski definition) is 5. The van der Waals surface area contributed by atoms with Crippen molar-refractivity contribution in [3.8, 4) is 0 Å². The molecule has 2 N–H and O–H groups in total. The van der Waals surface area contributed by atoms with Crippen molar-refractivity contribution in [3.05, 3.63) is 17.3 Å². The summed E-state index contributed by atoms with van der Waals surface area (Å²) in [6.45, 7) is 4.06. The van der Waals surface area contributed by atoms with Crippen molar-refractivity contribution >= 4 is 27.4 Å². The highest BCUT2D eigenvalue weighted by atomic mass is 32.1. The topological polar surface area (TPSA) is 55.0 Å². The van der Waals surface area contributed by atoms with Gasteiger partial charge in [-0.25, -0.2) is 9.97 Å². The fourth-order valence-corrected chi connectivity index (χ4v) is 2.91. The Hall–Kier alpha value is -1.20. The van der Waals surface area contributed by atoms with E-state index < -0.39 is 0 Å². The Morgan fingerprint density at radius 1 is 1.47 bits per heavy atom. The zero-order valence-electron chi connectivity index (χ0n) is 9.89. The molecular weight excluding hydrogens is 232 g/mol. The van der Waals surface area contributed by atoms with Crippen LogP contribution >= 0.6 is 11.3 Å². The van der Waals surface area contributed by atoms with Gasteiger partial charge in [0.25, 0.3) is 0 Å². The minimum atomic E-state index is 0.609. The Labute approximate surface area is 104 Å². The van der Waals surface area contributed by atoms with Crippen molar-refractivity contribution in [1.29, 1.82) is 0 Å². The standard InChI is InChI=1S/C12H16N4S/c1-2-16(8-3-4-8)7-10-14-11(13)9-5-6-17-12(9)15-10/h5-6,8H,2-4,7H2,1H3,(H2,13,14,15). The SMILES string of the molecule is CCN(Cc1nc(N)c2ccsc2n1)C1CC1. The third-order valence-corrected chi connectivity index (χ3v) is 4.02. The summed E-state index contributed by atoms with van der Waals surface area (Å²) < 4.78 is 0. The number of anilines is 1. The molecule has 2 aromatic heterocycles. The number of nitrogens with zero attached hydrogens (tertiary/aromatic N) is 3. The molecule has 0 unspecified atom stereocenters. The van der Waals surface area contributed by atoms with Gasteiger partial charge in [0, 0.05) is 6.04 Å². The predicted octanol–water partition coefficient (Wildman–Crippen LogP) is 2.26. The van der Waals surface area contributed by atoms with Crippen LogP contribution in [0.2, 0.25) is 0 Å². The highest BCUT2D eigenvalue weighted by Gasteiger charge is 2.28. The van der Waals surface area contributed by atoms with Gasteiger partial charge in [0.1, 0.15) is 16.5 Å². The lowest BCUT2D eigenvalue weighted by Gasteiger charge is -2.18. The Balaban J connectivity index is 1.88. The third kappa shape index (κ3) is 2.12. The van der Waals surface area contributed by atoms with Gasteiger partial charge in [-0.1, -0.05) is 6.92 Å². The summed E-state index contributed by atoms with van der Waals surface area (Å²) in [7, 11) is 0. The molecule has 5 heteroatoms. The molecule has 0 aliphatic heterocycles. The van der Waals surface area contributed by atoms with Crippen LogP contribution in [0.4, 0.5) is 5.82 Å². The molecule has 1 saturated carbocycles. The van der Waals surface area contributed by atoms with Crippen LogP contribution in [0.5, 0.6) is 0 Å². The molecule has 3 rings (SSSR count). The molecule has 0 bridgehead atoms. The number of thiophene rings is 1. The van der Waals surface area contributed by atoms with Gasteiger partial charge in [-0.2, -0.15) is 0 Å². The molecule has 0 amide bonds. The largest absolute Gasteiger partial charge is 0.383 e. The first kappa shape index (κ1) is 10.9. The Morgan fingerprint density at radius 3 is 3.00 bits per heavy atom. The fourth-order valence-electron chi connectivity index (χ4n) is 2.12. The van der Waals surface area contributed by atoms with Crippen molar-refractivity contribution in [2.45, 2.75) is 32.4 Å². The summed E-state index contributed by atoms with van der Waals surface area (Å²) >= 11 is 1.62. The van der Waals surface area contributed by atoms with E-state index in [0.717, 1.165) is 35.2 Å². The van der Waals surface area contributed by atoms with E-state index in [4.69, 9.17) is 5.73 Å². The summed E-state index contributed by atoms with van der Waals surface area (Å²) in [6, 6.07) is 2.72. The lowest BCUT2D eigenvalue weighted by Crippen LogP contribution is -2.26. The first-order valence-corrected chi connectivity index (χ1v) is 6.89. The van der Waals surface area contributed by atoms with E-state index in [2.05, 4.69) is 21.8 Å². The van der Waals surface area contributed by atoms with E-state index in [1.165, 1.54) is 12.8 Å². The van der Waals surface area contributed by atoms with E-state index in [-0.39, 0.29) is 0 Å². The number of nitrogen functional groups attached to an aromatic ring is 1. The summed E-state index contributed by atoms with van der Waals surface area (Å²) in [5, 5.41) is 2.99. The van der Waals surface area contributed by atoms with Crippen LogP contribution in [0, 0.1) is 0 Å². The number of aromatic nitrogens is 2. The van der Waals surface area contributed by atoms with Gasteiger partial charge in [0.15, 0.2) is 0 Å². The average molecular weight is 248 g/mol. The highest BCUT2D eigenvalue weighted by molar-refractivity contribution is 7.16. The number of rotatable bonds is 4. The number of nitrogens with two attached hydrogens (primary N) is 1. The van der Waals surface area contributed by atoms with Crippen molar-refractivity contribution < 1.29 is 0 Å². The molecule has 0 spiro atoms. The zero-order chi connectivity index (χ0) is 11.8. The lowest BCUT2D eigenvalue weighted by atomic mass is 10.3. The first-order chi connectivity index (χ1) is 8.28. The maximum absolute atomic E-state index is 5.95. The van der Waals surface area contributed by atoms with Crippen molar-refractivity contribution in [1.82, 2.24) is 14.9 Å². The molecular formula is C12H16N4S. The third-order valence-electron chi connectivity index (χ3n) is 3.21. The maximum atomic E-state index is 5.95. The molecule has 1 fully saturated rings. The van der Waals surface area contributed by atoms with Crippen LogP contribution in [0.3, 0.4) is 0 Å². The van der Waals surface area contributed by atoms with Crippen LogP contribution < -0.4 is 5.73 Å². The van der Waals surface area contributed by atoms with E-state index in [9.17, 15) is 0 Å². The van der Waals surface area contributed by atoms with E-state index in [1.807, 2.05) is 11.4 Å². The van der Waals surface area contributed by atoms with Crippen molar-refractivity contribution in [2.24, 2.45) is 0 Å². The predicted molar refractivity (Wildman–Crippen MR) is 70.9 cm³/mol. The summed E-state index contributed by atoms with van der Waals surface area (Å²) in [5.41, 5.74) is 5.95. The molecule has 0 saturated heterocycles. The van der Waals surface area contributed by atoms with Gasteiger partial charge in [-0.3, -0.25) is 4.90 Å². The lowest BCUT2D eigenvalue weighted by molar-refractivity contribution is 0.263. The quantitative estimate of drug-likeness (QED) is 0.901. The minimum absolute atomic E-state index is 0.609. The minimum Gasteiger partial charge on any atom is -0.383 e. The fraction of sp³-hybridized carbons (Fsp3) is 0.500. The summed E-state index contributed by atoms with van der Waals surface area (Å²) in [5.74, 6) is 1.46. The van der Waals surface area contributed by atoms with Gasteiger partial charge in [-0.15, -0.1) is 11.3 Å². The molecule has 1 aliphatic carbocycles. The average Bonchev–Trinajstić information content (AvgIpc) is 3.04. The molecule has 17 heavy (non-hydrogen) atoms. The van der Waals surface area contributed by atoms with E-state index in [0.29, 0.717) is 5.82 Å². The highest BCUT2D eigenvalue weighted by Crippen LogP contribution is 2.28. The zero-order valence-corrected chi connectivity index (χ0v) is 10.7. The summed E-state index contributed by atoms with van der Waals surface area (Å²) in [4.78, 5) is 12.4. The molecule has 4 nitrogen and oxygen atoms in total.